The number of methoxy groups -OCH3 is 1. The summed E-state index contributed by atoms with van der Waals surface area (Å²) in [5, 5.41) is 8.61. The van der Waals surface area contributed by atoms with Gasteiger partial charge in [-0.25, -0.2) is 18.5 Å². The molecular weight excluding hydrogens is 436 g/mol. The van der Waals surface area contributed by atoms with Gasteiger partial charge in [-0.3, -0.25) is 4.57 Å². The number of rotatable bonds is 7. The van der Waals surface area contributed by atoms with E-state index in [0.29, 0.717) is 17.4 Å². The van der Waals surface area contributed by atoms with Crippen LogP contribution in [0.2, 0.25) is 0 Å². The Bertz CT molecular complexity index is 1460. The zero-order valence-electron chi connectivity index (χ0n) is 18.2. The van der Waals surface area contributed by atoms with Gasteiger partial charge in [0.1, 0.15) is 5.76 Å². The van der Waals surface area contributed by atoms with Gasteiger partial charge in [0.25, 0.3) is 0 Å². The van der Waals surface area contributed by atoms with Crippen molar-refractivity contribution in [1.82, 2.24) is 9.55 Å². The van der Waals surface area contributed by atoms with Gasteiger partial charge in [-0.15, -0.1) is 0 Å². The third kappa shape index (κ3) is 3.77. The first kappa shape index (κ1) is 21.2. The minimum absolute atomic E-state index is 0.0622. The summed E-state index contributed by atoms with van der Waals surface area (Å²) >= 11 is 0. The molecule has 33 heavy (non-hydrogen) atoms. The molecule has 0 saturated heterocycles. The van der Waals surface area contributed by atoms with E-state index in [0.717, 1.165) is 29.4 Å². The van der Waals surface area contributed by atoms with Crippen molar-refractivity contribution in [2.24, 2.45) is 5.14 Å². The van der Waals surface area contributed by atoms with Gasteiger partial charge >= 0.3 is 0 Å². The van der Waals surface area contributed by atoms with E-state index in [-0.39, 0.29) is 10.4 Å². The number of ether oxygens (including phenoxy) is 1. The van der Waals surface area contributed by atoms with Crippen LogP contribution < -0.4 is 10.5 Å². The van der Waals surface area contributed by atoms with E-state index in [2.05, 4.69) is 28.6 Å². The van der Waals surface area contributed by atoms with Crippen molar-refractivity contribution in [1.29, 1.82) is 0 Å². The molecule has 0 amide bonds. The molecule has 0 radical (unpaired) electrons. The number of sulfonamides is 1. The van der Waals surface area contributed by atoms with Crippen molar-refractivity contribution in [2.75, 3.05) is 12.4 Å². The highest BCUT2D eigenvalue weighted by Crippen LogP contribution is 2.52. The molecule has 0 bridgehead atoms. The lowest BCUT2D eigenvalue weighted by Crippen LogP contribution is -2.20. The molecule has 3 N–H and O–H groups in total. The van der Waals surface area contributed by atoms with Crippen LogP contribution in [-0.2, 0) is 20.3 Å². The maximum absolute atomic E-state index is 11.6. The maximum Gasteiger partial charge on any atom is 0.238 e. The molecule has 1 saturated carbocycles. The predicted octanol–water partition coefficient (Wildman–Crippen LogP) is 4.58. The average molecular weight is 461 g/mol. The number of hydrogen-bond donors (Lipinski definition) is 2. The second kappa shape index (κ2) is 7.75. The molecule has 1 fully saturated rings. The van der Waals surface area contributed by atoms with Crippen molar-refractivity contribution >= 4 is 38.5 Å². The van der Waals surface area contributed by atoms with E-state index in [1.54, 1.807) is 19.2 Å². The van der Waals surface area contributed by atoms with Gasteiger partial charge in [0.15, 0.2) is 0 Å². The number of imidazole rings is 1. The fraction of sp³-hybridized carbons (Fsp3) is 0.160. The smallest absolute Gasteiger partial charge is 0.238 e. The molecule has 4 aromatic rings. The van der Waals surface area contributed by atoms with Gasteiger partial charge in [0.05, 0.1) is 28.6 Å². The summed E-state index contributed by atoms with van der Waals surface area (Å²) in [5.41, 5.74) is 4.41. The van der Waals surface area contributed by atoms with E-state index in [1.165, 1.54) is 17.7 Å². The van der Waals surface area contributed by atoms with Gasteiger partial charge in [-0.2, -0.15) is 0 Å². The molecule has 1 heterocycles. The van der Waals surface area contributed by atoms with Crippen molar-refractivity contribution in [3.63, 3.8) is 0 Å². The number of fused-ring (bicyclic) bond motifs is 1. The Balaban J connectivity index is 1.64. The molecule has 0 spiro atoms. The predicted molar refractivity (Wildman–Crippen MR) is 130 cm³/mol. The minimum atomic E-state index is -3.75. The third-order valence-electron chi connectivity index (χ3n) is 6.12. The lowest BCUT2D eigenvalue weighted by Gasteiger charge is -2.22. The van der Waals surface area contributed by atoms with Crippen LogP contribution in [0.1, 0.15) is 24.0 Å². The van der Waals surface area contributed by atoms with Crippen LogP contribution in [0.15, 0.2) is 84.3 Å². The lowest BCUT2D eigenvalue weighted by atomic mass is 10.0. The van der Waals surface area contributed by atoms with Crippen LogP contribution >= 0.6 is 0 Å². The normalized spacial score (nSPS) is 14.7. The standard InChI is InChI=1S/C25H24N4O3S/c1-17(32-2)18-8-13-23-22(16-18)28-24(27-20-9-11-21(12-10-20)33(26,30)31)29(23)25(14-15-25)19-6-4-3-5-7-19/h3-13,16H,1,14-15H2,2H3,(H,27,28)(H2,26,30,31). The summed E-state index contributed by atoms with van der Waals surface area (Å²) in [6, 6.07) is 22.7. The number of nitrogens with two attached hydrogens (primary N) is 1. The zero-order valence-corrected chi connectivity index (χ0v) is 19.0. The van der Waals surface area contributed by atoms with Gasteiger partial charge in [-0.05, 0) is 60.9 Å². The fourth-order valence-electron chi connectivity index (χ4n) is 4.25. The maximum atomic E-state index is 11.6. The number of primary sulfonamides is 1. The lowest BCUT2D eigenvalue weighted by molar-refractivity contribution is 0.371. The summed E-state index contributed by atoms with van der Waals surface area (Å²) in [6.07, 6.45) is 1.99. The van der Waals surface area contributed by atoms with Crippen molar-refractivity contribution in [3.05, 3.63) is 90.5 Å². The number of hydrogen-bond acceptors (Lipinski definition) is 5. The number of anilines is 2. The molecule has 8 heteroatoms. The van der Waals surface area contributed by atoms with Gasteiger partial charge in [0, 0.05) is 11.3 Å². The Labute approximate surface area is 192 Å². The summed E-state index contributed by atoms with van der Waals surface area (Å²) in [4.78, 5) is 4.96. The first-order valence-electron chi connectivity index (χ1n) is 10.5. The van der Waals surface area contributed by atoms with Crippen LogP contribution in [0, 0.1) is 0 Å². The molecule has 0 aliphatic heterocycles. The van der Waals surface area contributed by atoms with Crippen molar-refractivity contribution in [3.8, 4) is 0 Å². The molecule has 5 rings (SSSR count). The van der Waals surface area contributed by atoms with E-state index >= 15 is 0 Å². The topological polar surface area (TPSA) is 99.2 Å². The second-order valence-electron chi connectivity index (χ2n) is 8.19. The number of nitrogens with zero attached hydrogens (tertiary/aromatic N) is 2. The first-order chi connectivity index (χ1) is 15.8. The highest BCUT2D eigenvalue weighted by atomic mass is 32.2. The third-order valence-corrected chi connectivity index (χ3v) is 7.05. The molecule has 1 aliphatic carbocycles. The number of benzene rings is 3. The summed E-state index contributed by atoms with van der Waals surface area (Å²) in [5.74, 6) is 1.25. The van der Waals surface area contributed by atoms with Crippen LogP contribution in [0.4, 0.5) is 11.6 Å². The highest BCUT2D eigenvalue weighted by Gasteiger charge is 2.48. The van der Waals surface area contributed by atoms with E-state index in [1.807, 2.05) is 36.4 Å². The SMILES string of the molecule is C=C(OC)c1ccc2c(c1)nc(Nc1ccc(S(N)(=O)=O)cc1)n2C1(c2ccccc2)CC1. The Hall–Kier alpha value is -3.62. The van der Waals surface area contributed by atoms with Crippen LogP contribution in [-0.4, -0.2) is 25.1 Å². The molecule has 7 nitrogen and oxygen atoms in total. The molecule has 0 atom stereocenters. The fourth-order valence-corrected chi connectivity index (χ4v) is 4.77. The Morgan fingerprint density at radius 1 is 1.09 bits per heavy atom. The first-order valence-corrected chi connectivity index (χ1v) is 12.1. The number of nitrogens with one attached hydrogen (secondary N) is 1. The monoisotopic (exact) mass is 460 g/mol. The van der Waals surface area contributed by atoms with Gasteiger partial charge < -0.3 is 10.1 Å². The molecule has 1 aliphatic rings. The highest BCUT2D eigenvalue weighted by molar-refractivity contribution is 7.89. The minimum Gasteiger partial charge on any atom is -0.497 e. The molecule has 1 aromatic heterocycles. The van der Waals surface area contributed by atoms with Crippen LogP contribution in [0.5, 0.6) is 0 Å². The van der Waals surface area contributed by atoms with Crippen LogP contribution in [0.25, 0.3) is 16.8 Å². The van der Waals surface area contributed by atoms with Crippen molar-refractivity contribution < 1.29 is 13.2 Å². The Kier molecular flexibility index (Phi) is 4.99. The Morgan fingerprint density at radius 3 is 2.39 bits per heavy atom. The number of aromatic nitrogens is 2. The molecule has 0 unspecified atom stereocenters. The summed E-state index contributed by atoms with van der Waals surface area (Å²) in [7, 11) is -2.16. The van der Waals surface area contributed by atoms with Gasteiger partial charge in [-0.1, -0.05) is 36.9 Å². The zero-order chi connectivity index (χ0) is 23.2. The van der Waals surface area contributed by atoms with E-state index in [9.17, 15) is 8.42 Å². The second-order valence-corrected chi connectivity index (χ2v) is 9.76. The Morgan fingerprint density at radius 2 is 1.79 bits per heavy atom. The van der Waals surface area contributed by atoms with E-state index in [4.69, 9.17) is 14.9 Å². The van der Waals surface area contributed by atoms with Crippen LogP contribution in [0.3, 0.4) is 0 Å². The molecule has 3 aromatic carbocycles. The summed E-state index contributed by atoms with van der Waals surface area (Å²) in [6.45, 7) is 3.95. The van der Waals surface area contributed by atoms with Gasteiger partial charge in [0.2, 0.25) is 16.0 Å². The van der Waals surface area contributed by atoms with Crippen molar-refractivity contribution in [2.45, 2.75) is 23.3 Å². The van der Waals surface area contributed by atoms with E-state index < -0.39 is 10.0 Å². The quantitative estimate of drug-likeness (QED) is 0.393. The average Bonchev–Trinajstić information content (AvgIpc) is 3.54. The summed E-state index contributed by atoms with van der Waals surface area (Å²) < 4.78 is 30.8. The molecule has 168 valence electrons. The largest absolute Gasteiger partial charge is 0.497 e. The molecular formula is C25H24N4O3S.